The van der Waals surface area contributed by atoms with Gasteiger partial charge in [-0.3, -0.25) is 14.5 Å². The normalized spacial score (nSPS) is 11.5. The number of nitriles is 1. The molecule has 7 aromatic carbocycles. The molecular formula is C65H77N5O8P2S3. The number of thiol groups is 1. The molecule has 0 aliphatic carbocycles. The number of alkyl carbamates (subject to hydrolysis) is 2. The molecule has 438 valence electrons. The molecular weight excluding hydrogens is 1140 g/mol. The van der Waals surface area contributed by atoms with E-state index in [2.05, 4.69) is 148 Å². The van der Waals surface area contributed by atoms with Crippen LogP contribution in [0.1, 0.15) is 65.2 Å². The SMILES string of the molecule is CCN(C(C)C)C(C)C.C[C@@H](NC(=O)OCc1ccccc1)C(=O)SCP(c1ccccc1)c1ccccc1.Cc1ccc(S(=O)(=O)N(CC#N)C(=O)[C@@H](C)NC(=O)OCc2ccccc2)cc1.SCP(c1ccccc1)c1ccccc1. The van der Waals surface area contributed by atoms with Crippen molar-refractivity contribution >= 4 is 94.7 Å². The highest BCUT2D eigenvalue weighted by Gasteiger charge is 2.33. The summed E-state index contributed by atoms with van der Waals surface area (Å²) in [5, 5.41) is 19.1. The van der Waals surface area contributed by atoms with Gasteiger partial charge in [0.2, 0.25) is 5.12 Å². The highest BCUT2D eigenvalue weighted by atomic mass is 32.2. The molecule has 18 heteroatoms. The largest absolute Gasteiger partial charge is 0.445 e. The monoisotopic (exact) mass is 1210 g/mol. The van der Waals surface area contributed by atoms with E-state index in [4.69, 9.17) is 14.7 Å². The van der Waals surface area contributed by atoms with Gasteiger partial charge in [0.15, 0.2) is 0 Å². The molecule has 0 fully saturated rings. The number of thioether (sulfide) groups is 1. The summed E-state index contributed by atoms with van der Waals surface area (Å²) in [4.78, 5) is 51.6. The molecule has 2 atom stereocenters. The molecule has 0 saturated carbocycles. The van der Waals surface area contributed by atoms with Gasteiger partial charge < -0.3 is 20.1 Å². The minimum Gasteiger partial charge on any atom is -0.445 e. The van der Waals surface area contributed by atoms with Crippen LogP contribution in [0.25, 0.3) is 0 Å². The number of carbonyl (C=O) groups is 4. The predicted octanol–water partition coefficient (Wildman–Crippen LogP) is 12.1. The Morgan fingerprint density at radius 2 is 0.928 bits per heavy atom. The zero-order valence-electron chi connectivity index (χ0n) is 48.4. The van der Waals surface area contributed by atoms with Gasteiger partial charge in [-0.05, 0) is 115 Å². The summed E-state index contributed by atoms with van der Waals surface area (Å²) in [6.45, 7) is 16.6. The van der Waals surface area contributed by atoms with Gasteiger partial charge in [-0.25, -0.2) is 22.3 Å². The Morgan fingerprint density at radius 3 is 1.27 bits per heavy atom. The van der Waals surface area contributed by atoms with Crippen LogP contribution in [-0.4, -0.2) is 89.1 Å². The van der Waals surface area contributed by atoms with Gasteiger partial charge in [0.25, 0.3) is 15.9 Å². The average molecular weight is 1210 g/mol. The van der Waals surface area contributed by atoms with Crippen molar-refractivity contribution in [3.63, 3.8) is 0 Å². The molecule has 0 aliphatic rings. The number of carbonyl (C=O) groups excluding carboxylic acids is 4. The zero-order valence-corrected chi connectivity index (χ0v) is 52.8. The second-order valence-corrected chi connectivity index (χ2v) is 27.6. The summed E-state index contributed by atoms with van der Waals surface area (Å²) in [6, 6.07) is 67.2. The minimum atomic E-state index is -4.25. The first-order valence-electron chi connectivity index (χ1n) is 27.1. The van der Waals surface area contributed by atoms with E-state index in [0.717, 1.165) is 28.7 Å². The standard InChI is InChI=1S/C24H24NO3PS.C20H21N3O5S.C13H13PS.C8H19N/c1-19(25-24(27)28-17-20-11-5-2-6-12-20)23(26)30-18-29(21-13-7-3-8-14-21)22-15-9-4-10-16-22;1-15-8-10-18(11-9-15)29(26,27)23(13-12-21)19(24)16(2)22-20(25)28-14-17-6-4-3-5-7-17;15-11-14(12-7-3-1-4-8-12)13-9-5-2-6-10-13;1-6-9(7(2)3)8(4)5/h2-16,19H,17-18H2,1H3,(H,25,27);3-11,16H,13-14H2,1-2H3,(H,22,25);1-10,15H,11H2;7-8H,6H2,1-5H3/t19-;16-;;/m11../s1. The van der Waals surface area contributed by atoms with Crippen molar-refractivity contribution in [2.45, 2.75) is 97.7 Å². The van der Waals surface area contributed by atoms with Crippen LogP contribution >= 0.6 is 40.2 Å². The maximum atomic E-state index is 12.8. The molecule has 2 N–H and O–H groups in total. The second kappa shape index (κ2) is 37.4. The van der Waals surface area contributed by atoms with Gasteiger partial charge in [0, 0.05) is 23.1 Å². The van der Waals surface area contributed by atoms with Crippen LogP contribution in [0.3, 0.4) is 0 Å². The molecule has 0 bridgehead atoms. The lowest BCUT2D eigenvalue weighted by Crippen LogP contribution is -2.49. The first-order valence-corrected chi connectivity index (χ1v) is 33.2. The zero-order chi connectivity index (χ0) is 60.6. The number of benzene rings is 7. The van der Waals surface area contributed by atoms with Crippen molar-refractivity contribution in [1.29, 1.82) is 5.26 Å². The minimum absolute atomic E-state index is 0.00282. The van der Waals surface area contributed by atoms with E-state index in [1.165, 1.54) is 52.0 Å². The summed E-state index contributed by atoms with van der Waals surface area (Å²) in [6.07, 6.45) is -1.46. The predicted molar refractivity (Wildman–Crippen MR) is 346 cm³/mol. The Hall–Kier alpha value is -6.82. The summed E-state index contributed by atoms with van der Waals surface area (Å²) in [5.41, 5.74) is 4.07. The van der Waals surface area contributed by atoms with Crippen molar-refractivity contribution in [3.8, 4) is 6.07 Å². The summed E-state index contributed by atoms with van der Waals surface area (Å²) < 4.78 is 36.3. The van der Waals surface area contributed by atoms with Crippen molar-refractivity contribution in [3.05, 3.63) is 223 Å². The molecule has 7 rings (SSSR count). The number of nitrogens with zero attached hydrogens (tertiary/aromatic N) is 3. The second-order valence-electron chi connectivity index (χ2n) is 19.1. The van der Waals surface area contributed by atoms with E-state index in [1.807, 2.05) is 72.8 Å². The van der Waals surface area contributed by atoms with Crippen LogP contribution in [0.15, 0.2) is 211 Å². The van der Waals surface area contributed by atoms with E-state index < -0.39 is 54.7 Å². The van der Waals surface area contributed by atoms with E-state index in [1.54, 1.807) is 56.3 Å². The number of amides is 3. The Labute approximate surface area is 504 Å². The van der Waals surface area contributed by atoms with E-state index in [0.29, 0.717) is 21.9 Å². The van der Waals surface area contributed by atoms with Gasteiger partial charge in [-0.2, -0.15) is 17.9 Å². The first-order chi connectivity index (χ1) is 39.9. The van der Waals surface area contributed by atoms with Crippen molar-refractivity contribution in [2.24, 2.45) is 0 Å². The topological polar surface area (TPSA) is 175 Å². The maximum absolute atomic E-state index is 12.8. The fourth-order valence-corrected chi connectivity index (χ4v) is 15.9. The molecule has 0 unspecified atom stereocenters. The van der Waals surface area contributed by atoms with Crippen molar-refractivity contribution in [1.82, 2.24) is 19.8 Å². The van der Waals surface area contributed by atoms with Crippen LogP contribution < -0.4 is 31.9 Å². The molecule has 0 radical (unpaired) electrons. The molecule has 13 nitrogen and oxygen atoms in total. The van der Waals surface area contributed by atoms with Crippen molar-refractivity contribution in [2.75, 3.05) is 24.1 Å². The van der Waals surface area contributed by atoms with Crippen LogP contribution in [0.2, 0.25) is 0 Å². The highest BCUT2D eigenvalue weighted by Crippen LogP contribution is 2.38. The molecule has 0 aliphatic heterocycles. The number of hydrogen-bond acceptors (Lipinski definition) is 12. The number of hydrogen-bond donors (Lipinski definition) is 3. The van der Waals surface area contributed by atoms with E-state index in [9.17, 15) is 27.6 Å². The fraction of sp³-hybridized carbons (Fsp3) is 0.277. The van der Waals surface area contributed by atoms with Gasteiger partial charge in [-0.15, -0.1) is 0 Å². The van der Waals surface area contributed by atoms with Gasteiger partial charge in [0.05, 0.1) is 17.0 Å². The van der Waals surface area contributed by atoms with Gasteiger partial charge in [0.1, 0.15) is 25.8 Å². The highest BCUT2D eigenvalue weighted by molar-refractivity contribution is 8.18. The summed E-state index contributed by atoms with van der Waals surface area (Å²) in [7, 11) is -5.20. The molecule has 0 heterocycles. The average Bonchev–Trinajstić information content (AvgIpc) is 3.70. The Morgan fingerprint density at radius 1 is 0.566 bits per heavy atom. The van der Waals surface area contributed by atoms with Crippen LogP contribution in [0.4, 0.5) is 9.59 Å². The summed E-state index contributed by atoms with van der Waals surface area (Å²) in [5.74, 6) is -0.941. The van der Waals surface area contributed by atoms with Crippen LogP contribution in [0.5, 0.6) is 0 Å². The number of nitrogens with one attached hydrogen (secondary N) is 2. The fourth-order valence-electron chi connectivity index (χ4n) is 8.02. The Bertz CT molecular complexity index is 3070. The molecule has 0 saturated heterocycles. The molecule has 0 spiro atoms. The van der Waals surface area contributed by atoms with Gasteiger partial charge in [-0.1, -0.05) is 218 Å². The lowest BCUT2D eigenvalue weighted by molar-refractivity contribution is -0.127. The lowest BCUT2D eigenvalue weighted by Gasteiger charge is -2.28. The third-order valence-corrected chi connectivity index (χ3v) is 21.1. The third-order valence-electron chi connectivity index (χ3n) is 12.3. The first kappa shape index (κ1) is 68.7. The Balaban J connectivity index is 0.000000258. The quantitative estimate of drug-likeness (QED) is 0.0355. The van der Waals surface area contributed by atoms with Crippen LogP contribution in [-0.2, 0) is 42.3 Å². The molecule has 7 aromatic rings. The number of rotatable bonds is 21. The number of ether oxygens (including phenoxy) is 2. The van der Waals surface area contributed by atoms with Gasteiger partial charge >= 0.3 is 12.2 Å². The lowest BCUT2D eigenvalue weighted by atomic mass is 10.2. The maximum Gasteiger partial charge on any atom is 0.408 e. The molecule has 3 amide bonds. The molecule has 0 aromatic heterocycles. The number of aryl methyl sites for hydroxylation is 1. The van der Waals surface area contributed by atoms with Crippen LogP contribution in [0, 0.1) is 18.3 Å². The number of sulfonamides is 1. The third kappa shape index (κ3) is 24.1. The summed E-state index contributed by atoms with van der Waals surface area (Å²) >= 11 is 5.73. The van der Waals surface area contributed by atoms with Crippen molar-refractivity contribution < 1.29 is 37.1 Å². The molecule has 83 heavy (non-hydrogen) atoms. The smallest absolute Gasteiger partial charge is 0.408 e. The van der Waals surface area contributed by atoms with E-state index >= 15 is 0 Å². The Kier molecular flexibility index (Phi) is 30.9. The van der Waals surface area contributed by atoms with E-state index in [-0.39, 0.29) is 31.1 Å².